The van der Waals surface area contributed by atoms with Crippen LogP contribution in [0.25, 0.3) is 0 Å². The summed E-state index contributed by atoms with van der Waals surface area (Å²) in [6.45, 7) is 8.58. The molecule has 0 spiro atoms. The first-order valence-electron chi connectivity index (χ1n) is 9.59. The maximum absolute atomic E-state index is 12.8. The highest BCUT2D eigenvalue weighted by molar-refractivity contribution is 6.00. The number of aryl methyl sites for hydroxylation is 2. The highest BCUT2D eigenvalue weighted by atomic mass is 16.5. The van der Waals surface area contributed by atoms with Crippen molar-refractivity contribution in [2.24, 2.45) is 5.92 Å². The first kappa shape index (κ1) is 19.2. The Morgan fingerprint density at radius 2 is 1.96 bits per heavy atom. The zero-order valence-corrected chi connectivity index (χ0v) is 16.5. The molecule has 1 saturated heterocycles. The van der Waals surface area contributed by atoms with E-state index in [0.29, 0.717) is 18.2 Å². The Labute approximate surface area is 161 Å². The van der Waals surface area contributed by atoms with Gasteiger partial charge in [-0.25, -0.2) is 0 Å². The molecule has 3 rings (SSSR count). The van der Waals surface area contributed by atoms with Gasteiger partial charge in [-0.05, 0) is 55.0 Å². The Bertz CT molecular complexity index is 858. The highest BCUT2D eigenvalue weighted by Crippen LogP contribution is 2.32. The maximum atomic E-state index is 12.8. The molecule has 0 saturated carbocycles. The molecule has 2 atom stereocenters. The van der Waals surface area contributed by atoms with Gasteiger partial charge >= 0.3 is 5.97 Å². The van der Waals surface area contributed by atoms with Gasteiger partial charge in [0, 0.05) is 18.7 Å². The van der Waals surface area contributed by atoms with Crippen LogP contribution in [0.5, 0.6) is 5.75 Å². The standard InChI is InChI=1S/C23H27NO3/c1-5-16(3)19-8-6-7-9-21(19)27-23(26)18-13-22(25)24(14-18)20-12-15(2)10-11-17(20)4/h6-12,16,18H,5,13-14H2,1-4H3/t16-,18+/m0/s1. The molecule has 2 aromatic rings. The summed E-state index contributed by atoms with van der Waals surface area (Å²) in [5, 5.41) is 0. The van der Waals surface area contributed by atoms with Crippen LogP contribution in [0.4, 0.5) is 5.69 Å². The number of esters is 1. The van der Waals surface area contributed by atoms with Crippen LogP contribution >= 0.6 is 0 Å². The molecule has 142 valence electrons. The van der Waals surface area contributed by atoms with E-state index in [-0.39, 0.29) is 18.3 Å². The van der Waals surface area contributed by atoms with E-state index >= 15 is 0 Å². The van der Waals surface area contributed by atoms with Crippen molar-refractivity contribution in [2.45, 2.75) is 46.5 Å². The number of carbonyl (C=O) groups excluding carboxylic acids is 2. The van der Waals surface area contributed by atoms with E-state index in [1.165, 1.54) is 0 Å². The summed E-state index contributed by atoms with van der Waals surface area (Å²) in [6, 6.07) is 13.7. The molecule has 4 nitrogen and oxygen atoms in total. The fourth-order valence-corrected chi connectivity index (χ4v) is 3.50. The Balaban J connectivity index is 1.76. The van der Waals surface area contributed by atoms with E-state index in [1.807, 2.05) is 56.3 Å². The van der Waals surface area contributed by atoms with E-state index in [9.17, 15) is 9.59 Å². The number of amides is 1. The summed E-state index contributed by atoms with van der Waals surface area (Å²) < 4.78 is 5.72. The molecule has 1 fully saturated rings. The first-order valence-corrected chi connectivity index (χ1v) is 9.59. The number of nitrogens with zero attached hydrogens (tertiary/aromatic N) is 1. The topological polar surface area (TPSA) is 46.6 Å². The summed E-state index contributed by atoms with van der Waals surface area (Å²) in [4.78, 5) is 27.0. The lowest BCUT2D eigenvalue weighted by molar-refractivity contribution is -0.139. The predicted molar refractivity (Wildman–Crippen MR) is 107 cm³/mol. The van der Waals surface area contributed by atoms with Crippen molar-refractivity contribution < 1.29 is 14.3 Å². The number of carbonyl (C=O) groups is 2. The molecule has 2 aromatic carbocycles. The molecule has 1 aliphatic rings. The third-order valence-corrected chi connectivity index (χ3v) is 5.39. The van der Waals surface area contributed by atoms with Crippen LogP contribution < -0.4 is 9.64 Å². The van der Waals surface area contributed by atoms with Crippen molar-refractivity contribution in [1.82, 2.24) is 0 Å². The van der Waals surface area contributed by atoms with E-state index < -0.39 is 5.92 Å². The summed E-state index contributed by atoms with van der Waals surface area (Å²) >= 11 is 0. The van der Waals surface area contributed by atoms with Gasteiger partial charge in [0.1, 0.15) is 5.75 Å². The van der Waals surface area contributed by atoms with E-state index in [0.717, 1.165) is 28.8 Å². The smallest absolute Gasteiger partial charge is 0.316 e. The van der Waals surface area contributed by atoms with Crippen molar-refractivity contribution in [1.29, 1.82) is 0 Å². The van der Waals surface area contributed by atoms with Crippen molar-refractivity contribution in [2.75, 3.05) is 11.4 Å². The van der Waals surface area contributed by atoms with Crippen LogP contribution in [0.2, 0.25) is 0 Å². The summed E-state index contributed by atoms with van der Waals surface area (Å²) in [6.07, 6.45) is 1.16. The zero-order chi connectivity index (χ0) is 19.6. The molecule has 1 amide bonds. The van der Waals surface area contributed by atoms with E-state index in [2.05, 4.69) is 13.8 Å². The van der Waals surface area contributed by atoms with Crippen LogP contribution in [0.3, 0.4) is 0 Å². The maximum Gasteiger partial charge on any atom is 0.316 e. The molecule has 0 N–H and O–H groups in total. The minimum Gasteiger partial charge on any atom is -0.426 e. The largest absolute Gasteiger partial charge is 0.426 e. The number of rotatable bonds is 5. The SMILES string of the molecule is CC[C@H](C)c1ccccc1OC(=O)[C@@H]1CC(=O)N(c2cc(C)ccc2C)C1. The molecule has 0 bridgehead atoms. The lowest BCUT2D eigenvalue weighted by Gasteiger charge is -2.20. The number of hydrogen-bond acceptors (Lipinski definition) is 3. The second kappa shape index (κ2) is 7.95. The molecule has 0 unspecified atom stereocenters. The third-order valence-electron chi connectivity index (χ3n) is 5.39. The number of para-hydroxylation sites is 1. The average molecular weight is 365 g/mol. The fourth-order valence-electron chi connectivity index (χ4n) is 3.50. The summed E-state index contributed by atoms with van der Waals surface area (Å²) in [5.41, 5.74) is 4.04. The molecule has 4 heteroatoms. The van der Waals surface area contributed by atoms with E-state index in [1.54, 1.807) is 4.90 Å². The Kier molecular flexibility index (Phi) is 5.64. The van der Waals surface area contributed by atoms with Crippen LogP contribution in [0.1, 0.15) is 49.3 Å². The Morgan fingerprint density at radius 1 is 1.22 bits per heavy atom. The molecule has 27 heavy (non-hydrogen) atoms. The molecule has 1 heterocycles. The summed E-state index contributed by atoms with van der Waals surface area (Å²) in [7, 11) is 0. The van der Waals surface area contributed by atoms with Gasteiger partial charge in [-0.15, -0.1) is 0 Å². The van der Waals surface area contributed by atoms with Gasteiger partial charge in [0.15, 0.2) is 0 Å². The van der Waals surface area contributed by atoms with Gasteiger partial charge in [0.05, 0.1) is 5.92 Å². The van der Waals surface area contributed by atoms with Crippen molar-refractivity contribution in [3.63, 3.8) is 0 Å². The van der Waals surface area contributed by atoms with Crippen LogP contribution in [0, 0.1) is 19.8 Å². The number of benzene rings is 2. The molecule has 0 aromatic heterocycles. The second-order valence-corrected chi connectivity index (χ2v) is 7.46. The van der Waals surface area contributed by atoms with Gasteiger partial charge in [-0.2, -0.15) is 0 Å². The van der Waals surface area contributed by atoms with Crippen molar-refractivity contribution >= 4 is 17.6 Å². The highest BCUT2D eigenvalue weighted by Gasteiger charge is 2.37. The van der Waals surface area contributed by atoms with Crippen molar-refractivity contribution in [3.8, 4) is 5.75 Å². The van der Waals surface area contributed by atoms with Gasteiger partial charge in [0.25, 0.3) is 0 Å². The van der Waals surface area contributed by atoms with Crippen molar-refractivity contribution in [3.05, 3.63) is 59.2 Å². The van der Waals surface area contributed by atoms with Gasteiger partial charge in [-0.1, -0.05) is 44.2 Å². The quantitative estimate of drug-likeness (QED) is 0.566. The Hall–Kier alpha value is -2.62. The molecule has 0 radical (unpaired) electrons. The number of anilines is 1. The normalized spacial score (nSPS) is 17.9. The predicted octanol–water partition coefficient (Wildman–Crippen LogP) is 4.78. The molecule has 0 aliphatic carbocycles. The Morgan fingerprint density at radius 3 is 2.70 bits per heavy atom. The lowest BCUT2D eigenvalue weighted by Crippen LogP contribution is -2.28. The first-order chi connectivity index (χ1) is 12.9. The van der Waals surface area contributed by atoms with Crippen LogP contribution in [0.15, 0.2) is 42.5 Å². The van der Waals surface area contributed by atoms with Gasteiger partial charge < -0.3 is 9.64 Å². The molecular weight excluding hydrogens is 338 g/mol. The molecular formula is C23H27NO3. The van der Waals surface area contributed by atoms with Crippen LogP contribution in [-0.2, 0) is 9.59 Å². The van der Waals surface area contributed by atoms with Crippen LogP contribution in [-0.4, -0.2) is 18.4 Å². The fraction of sp³-hybridized carbons (Fsp3) is 0.391. The minimum atomic E-state index is -0.442. The van der Waals surface area contributed by atoms with E-state index in [4.69, 9.17) is 4.74 Å². The van der Waals surface area contributed by atoms with Gasteiger partial charge in [-0.3, -0.25) is 9.59 Å². The zero-order valence-electron chi connectivity index (χ0n) is 16.5. The number of ether oxygens (including phenoxy) is 1. The third kappa shape index (κ3) is 4.05. The number of hydrogen-bond donors (Lipinski definition) is 0. The second-order valence-electron chi connectivity index (χ2n) is 7.46. The summed E-state index contributed by atoms with van der Waals surface area (Å²) in [5.74, 6) is 0.121. The monoisotopic (exact) mass is 365 g/mol. The lowest BCUT2D eigenvalue weighted by atomic mass is 9.98. The average Bonchev–Trinajstić information content (AvgIpc) is 3.05. The van der Waals surface area contributed by atoms with Gasteiger partial charge in [0.2, 0.25) is 5.91 Å². The minimum absolute atomic E-state index is 0.0270. The molecule has 1 aliphatic heterocycles.